The van der Waals surface area contributed by atoms with E-state index in [0.717, 1.165) is 42.5 Å². The molecule has 0 bridgehead atoms. The van der Waals surface area contributed by atoms with Gasteiger partial charge in [0.25, 0.3) is 5.91 Å². The van der Waals surface area contributed by atoms with E-state index in [1.54, 1.807) is 6.07 Å². The second-order valence-corrected chi connectivity index (χ2v) is 11.4. The highest BCUT2D eigenvalue weighted by atomic mass is 19.1. The van der Waals surface area contributed by atoms with E-state index in [1.165, 1.54) is 51.7 Å². The molecule has 3 aliphatic heterocycles. The predicted molar refractivity (Wildman–Crippen MR) is 154 cm³/mol. The number of piperidine rings is 2. The van der Waals surface area contributed by atoms with E-state index in [1.807, 2.05) is 23.9 Å². The first kappa shape index (κ1) is 26.7. The van der Waals surface area contributed by atoms with Crippen molar-refractivity contribution >= 4 is 23.4 Å². The van der Waals surface area contributed by atoms with Crippen LogP contribution < -0.4 is 15.5 Å². The number of hydrogen-bond donors (Lipinski definition) is 2. The van der Waals surface area contributed by atoms with Crippen LogP contribution in [0.15, 0.2) is 30.6 Å². The molecular weight excluding hydrogens is 507 g/mol. The molecule has 0 spiro atoms. The van der Waals surface area contributed by atoms with Gasteiger partial charge in [-0.25, -0.2) is 19.3 Å². The van der Waals surface area contributed by atoms with Crippen LogP contribution in [0.3, 0.4) is 0 Å². The minimum absolute atomic E-state index is 0.142. The maximum Gasteiger partial charge on any atom is 0.253 e. The fourth-order valence-corrected chi connectivity index (χ4v) is 6.56. The number of halogens is 1. The van der Waals surface area contributed by atoms with E-state index in [-0.39, 0.29) is 17.5 Å². The largest absolute Gasteiger partial charge is 0.370 e. The van der Waals surface area contributed by atoms with E-state index in [2.05, 4.69) is 48.4 Å². The quantitative estimate of drug-likeness (QED) is 0.454. The number of aromatic nitrogens is 4. The number of nitrogens with one attached hydrogen (secondary N) is 2. The summed E-state index contributed by atoms with van der Waals surface area (Å²) < 4.78 is 16.6. The highest BCUT2D eigenvalue weighted by Gasteiger charge is 2.26. The van der Waals surface area contributed by atoms with Gasteiger partial charge in [-0.1, -0.05) is 6.92 Å². The van der Waals surface area contributed by atoms with Gasteiger partial charge in [-0.2, -0.15) is 0 Å². The summed E-state index contributed by atoms with van der Waals surface area (Å²) in [5, 5.41) is 5.95. The van der Waals surface area contributed by atoms with Crippen molar-refractivity contribution in [1.29, 1.82) is 0 Å². The number of anilines is 3. The molecule has 0 aliphatic carbocycles. The van der Waals surface area contributed by atoms with E-state index in [4.69, 9.17) is 0 Å². The molecule has 0 saturated carbocycles. The lowest BCUT2D eigenvalue weighted by atomic mass is 9.83. The van der Waals surface area contributed by atoms with Gasteiger partial charge in [0.15, 0.2) is 5.82 Å². The molecular formula is C30H39FN8O. The SMILES string of the molecule is CCN1CCC(CC2CCN(c3ccc(Nc4ncc(F)c(-c5cc6c(n5C)CCNC6=O)n4)nc3)CC2)CC1. The molecule has 2 fully saturated rings. The number of carbonyl (C=O) groups is 1. The van der Waals surface area contributed by atoms with Crippen molar-refractivity contribution in [2.24, 2.45) is 18.9 Å². The molecule has 3 aromatic heterocycles. The molecule has 0 aromatic carbocycles. The van der Waals surface area contributed by atoms with E-state index in [9.17, 15) is 9.18 Å². The van der Waals surface area contributed by atoms with Gasteiger partial charge >= 0.3 is 0 Å². The first-order valence-electron chi connectivity index (χ1n) is 14.7. The number of likely N-dealkylation sites (tertiary alicyclic amines) is 1. The Hall–Kier alpha value is -3.53. The fourth-order valence-electron chi connectivity index (χ4n) is 6.56. The summed E-state index contributed by atoms with van der Waals surface area (Å²) in [7, 11) is 1.83. The summed E-state index contributed by atoms with van der Waals surface area (Å²) in [5.41, 5.74) is 3.26. The van der Waals surface area contributed by atoms with Gasteiger partial charge in [0.1, 0.15) is 11.5 Å². The molecule has 3 aromatic rings. The number of rotatable bonds is 7. The Morgan fingerprint density at radius 3 is 2.48 bits per heavy atom. The Bertz CT molecular complexity index is 1340. The first-order valence-corrected chi connectivity index (χ1v) is 14.7. The van der Waals surface area contributed by atoms with Gasteiger partial charge < -0.3 is 25.0 Å². The Kier molecular flexibility index (Phi) is 7.69. The third kappa shape index (κ3) is 5.54. The third-order valence-electron chi connectivity index (χ3n) is 9.03. The molecule has 3 aliphatic rings. The van der Waals surface area contributed by atoms with Crippen molar-refractivity contribution in [1.82, 2.24) is 29.7 Å². The minimum Gasteiger partial charge on any atom is -0.370 e. The van der Waals surface area contributed by atoms with Gasteiger partial charge in [0, 0.05) is 38.8 Å². The van der Waals surface area contributed by atoms with Crippen LogP contribution >= 0.6 is 0 Å². The van der Waals surface area contributed by atoms with Crippen molar-refractivity contribution < 1.29 is 9.18 Å². The fraction of sp³-hybridized carbons (Fsp3) is 0.533. The lowest BCUT2D eigenvalue weighted by Gasteiger charge is -2.37. The maximum absolute atomic E-state index is 14.8. The summed E-state index contributed by atoms with van der Waals surface area (Å²) in [6.45, 7) is 8.68. The van der Waals surface area contributed by atoms with Crippen LogP contribution in [0.2, 0.25) is 0 Å². The van der Waals surface area contributed by atoms with Crippen molar-refractivity contribution in [3.8, 4) is 11.4 Å². The Balaban J connectivity index is 1.07. The lowest BCUT2D eigenvalue weighted by Crippen LogP contribution is -2.37. The molecule has 2 N–H and O–H groups in total. The first-order chi connectivity index (χ1) is 19.5. The molecule has 0 atom stereocenters. The molecule has 10 heteroatoms. The topological polar surface area (TPSA) is 91.2 Å². The average molecular weight is 547 g/mol. The molecule has 0 radical (unpaired) electrons. The Labute approximate surface area is 235 Å². The Morgan fingerprint density at radius 1 is 1.05 bits per heavy atom. The van der Waals surface area contributed by atoms with Crippen molar-refractivity contribution in [3.05, 3.63) is 47.7 Å². The molecule has 212 valence electrons. The third-order valence-corrected chi connectivity index (χ3v) is 9.03. The lowest BCUT2D eigenvalue weighted by molar-refractivity contribution is 0.0945. The second kappa shape index (κ2) is 11.5. The van der Waals surface area contributed by atoms with Crippen LogP contribution in [0, 0.1) is 17.7 Å². The molecule has 6 heterocycles. The van der Waals surface area contributed by atoms with Gasteiger partial charge in [-0.05, 0) is 81.8 Å². The minimum atomic E-state index is -0.540. The summed E-state index contributed by atoms with van der Waals surface area (Å²) >= 11 is 0. The molecule has 9 nitrogen and oxygen atoms in total. The highest BCUT2D eigenvalue weighted by Crippen LogP contribution is 2.32. The van der Waals surface area contributed by atoms with Crippen LogP contribution in [-0.4, -0.2) is 69.6 Å². The smallest absolute Gasteiger partial charge is 0.253 e. The van der Waals surface area contributed by atoms with Crippen LogP contribution in [0.5, 0.6) is 0 Å². The van der Waals surface area contributed by atoms with E-state index >= 15 is 0 Å². The van der Waals surface area contributed by atoms with Crippen LogP contribution in [0.1, 0.15) is 55.1 Å². The number of hydrogen-bond acceptors (Lipinski definition) is 7. The van der Waals surface area contributed by atoms with Crippen LogP contribution in [0.4, 0.5) is 21.8 Å². The number of pyridine rings is 1. The molecule has 40 heavy (non-hydrogen) atoms. The van der Waals surface area contributed by atoms with Gasteiger partial charge in [0.05, 0.1) is 29.3 Å². The predicted octanol–water partition coefficient (Wildman–Crippen LogP) is 4.38. The molecule has 6 rings (SSSR count). The maximum atomic E-state index is 14.8. The summed E-state index contributed by atoms with van der Waals surface area (Å²) in [4.78, 5) is 30.4. The summed E-state index contributed by atoms with van der Waals surface area (Å²) in [6, 6.07) is 5.69. The molecule has 2 saturated heterocycles. The second-order valence-electron chi connectivity index (χ2n) is 11.4. The van der Waals surface area contributed by atoms with Crippen LogP contribution in [0.25, 0.3) is 11.4 Å². The van der Waals surface area contributed by atoms with Gasteiger partial charge in [-0.15, -0.1) is 0 Å². The standard InChI is InChI=1S/C30H39FN8O/c1-3-38-12-7-20(8-13-38)16-21-9-14-39(15-10-21)22-4-5-27(33-18-22)35-30-34-19-24(31)28(36-30)26-17-23-25(37(26)2)6-11-32-29(23)40/h4-5,17-21H,3,6-16H2,1-2H3,(H,32,40)(H,33,34,35,36). The van der Waals surface area contributed by atoms with E-state index in [0.29, 0.717) is 30.0 Å². The van der Waals surface area contributed by atoms with E-state index < -0.39 is 5.82 Å². The van der Waals surface area contributed by atoms with Crippen molar-refractivity contribution in [2.75, 3.05) is 49.5 Å². The number of amides is 1. The number of nitrogens with zero attached hydrogens (tertiary/aromatic N) is 6. The Morgan fingerprint density at radius 2 is 1.80 bits per heavy atom. The van der Waals surface area contributed by atoms with Crippen LogP contribution in [-0.2, 0) is 13.5 Å². The monoisotopic (exact) mass is 546 g/mol. The molecule has 0 unspecified atom stereocenters. The average Bonchev–Trinajstić information content (AvgIpc) is 3.32. The zero-order chi connectivity index (χ0) is 27.6. The summed E-state index contributed by atoms with van der Waals surface area (Å²) in [5.74, 6) is 1.90. The number of carbonyl (C=O) groups excluding carboxylic acids is 1. The van der Waals surface area contributed by atoms with Crippen molar-refractivity contribution in [2.45, 2.75) is 45.4 Å². The van der Waals surface area contributed by atoms with Crippen molar-refractivity contribution in [3.63, 3.8) is 0 Å². The zero-order valence-corrected chi connectivity index (χ0v) is 23.5. The van der Waals surface area contributed by atoms with Gasteiger partial charge in [-0.3, -0.25) is 4.79 Å². The highest BCUT2D eigenvalue weighted by molar-refractivity contribution is 5.97. The van der Waals surface area contributed by atoms with Gasteiger partial charge in [0.2, 0.25) is 5.95 Å². The summed E-state index contributed by atoms with van der Waals surface area (Å²) in [6.07, 6.45) is 10.3. The number of fused-ring (bicyclic) bond motifs is 1. The molecule has 1 amide bonds. The zero-order valence-electron chi connectivity index (χ0n) is 23.5. The normalized spacial score (nSPS) is 19.0.